The van der Waals surface area contributed by atoms with Gasteiger partial charge in [-0.25, -0.2) is 0 Å². The summed E-state index contributed by atoms with van der Waals surface area (Å²) in [7, 11) is 0. The van der Waals surface area contributed by atoms with Gasteiger partial charge in [0.2, 0.25) is 0 Å². The van der Waals surface area contributed by atoms with Gasteiger partial charge in [-0.3, -0.25) is 0 Å². The minimum absolute atomic E-state index is 0. The molecule has 0 atom stereocenters. The third-order valence-electron chi connectivity index (χ3n) is 0.594. The van der Waals surface area contributed by atoms with Crippen LogP contribution in [0.2, 0.25) is 0 Å². The molecule has 42 valence electrons. The van der Waals surface area contributed by atoms with Gasteiger partial charge in [0.15, 0.2) is 0 Å². The van der Waals surface area contributed by atoms with Gasteiger partial charge < -0.3 is 12.4 Å². The first-order valence-corrected chi connectivity index (χ1v) is 1.78. The van der Waals surface area contributed by atoms with Crippen molar-refractivity contribution in [2.24, 2.45) is 0 Å². The van der Waals surface area contributed by atoms with E-state index in [1.54, 1.807) is 6.07 Å². The first-order chi connectivity index (χ1) is 3.43. The Bertz CT molecular complexity index is 174. The normalized spacial score (nSPS) is 6.88. The fourth-order valence-corrected chi connectivity index (χ4v) is 0.304. The quantitative estimate of drug-likeness (QED) is 0.409. The van der Waals surface area contributed by atoms with E-state index >= 15 is 0 Å². The van der Waals surface area contributed by atoms with Crippen LogP contribution in [0, 0.1) is 5.39 Å². The number of nitrogens with one attached hydrogen (secondary N) is 1. The van der Waals surface area contributed by atoms with Gasteiger partial charge in [0, 0.05) is 4.98 Å². The van der Waals surface area contributed by atoms with Gasteiger partial charge in [-0.2, -0.15) is 0 Å². The summed E-state index contributed by atoms with van der Waals surface area (Å²) in [6.07, 6.45) is 1.51. The van der Waals surface area contributed by atoms with Crippen molar-refractivity contribution >= 4 is 5.82 Å². The molecule has 8 heavy (non-hydrogen) atoms. The zero-order valence-electron chi connectivity index (χ0n) is 3.87. The molecule has 0 amide bonds. The fraction of sp³-hybridized carbons (Fsp3) is 0. The lowest BCUT2D eigenvalue weighted by Gasteiger charge is -1.49. The number of hydrogen-bond donors (Lipinski definition) is 1. The van der Waals surface area contributed by atoms with E-state index in [-0.39, 0.29) is 12.4 Å². The summed E-state index contributed by atoms with van der Waals surface area (Å²) in [6.45, 7) is 0. The molecular formula is C3H3ClN4. The summed E-state index contributed by atoms with van der Waals surface area (Å²) in [4.78, 5) is 2.81. The monoisotopic (exact) mass is 130 g/mol. The Hall–Kier alpha value is -1.08. The van der Waals surface area contributed by atoms with Gasteiger partial charge in [0.05, 0.1) is 17.7 Å². The predicted molar refractivity (Wildman–Crippen MR) is 23.3 cm³/mol. The number of aromatic nitrogens is 2. The van der Waals surface area contributed by atoms with Crippen molar-refractivity contribution in [3.8, 4) is 0 Å². The molecule has 0 aliphatic carbocycles. The Morgan fingerprint density at radius 3 is 2.75 bits per heavy atom. The van der Waals surface area contributed by atoms with E-state index in [1.807, 2.05) is 0 Å². The van der Waals surface area contributed by atoms with Crippen LogP contribution in [-0.2, 0) is 0 Å². The van der Waals surface area contributed by atoms with E-state index in [9.17, 15) is 0 Å². The van der Waals surface area contributed by atoms with Gasteiger partial charge in [-0.1, -0.05) is 5.10 Å². The molecule has 0 aromatic carbocycles. The molecule has 0 spiro atoms. The number of aromatic amines is 1. The molecule has 1 aromatic rings. The minimum Gasteiger partial charge on any atom is -1.00 e. The molecule has 0 aliphatic heterocycles. The highest BCUT2D eigenvalue weighted by atomic mass is 35.5. The average molecular weight is 131 g/mol. The van der Waals surface area contributed by atoms with E-state index in [0.29, 0.717) is 5.82 Å². The summed E-state index contributed by atoms with van der Waals surface area (Å²) in [5, 5.41) is 13.9. The van der Waals surface area contributed by atoms with Crippen molar-refractivity contribution in [1.29, 1.82) is 5.39 Å². The number of diazo groups is 1. The Labute approximate surface area is 51.9 Å². The highest BCUT2D eigenvalue weighted by Gasteiger charge is 1.96. The number of halogens is 1. The minimum atomic E-state index is 0. The van der Waals surface area contributed by atoms with Gasteiger partial charge in [-0.05, 0) is 0 Å². The van der Waals surface area contributed by atoms with Crippen LogP contribution in [0.3, 0.4) is 0 Å². The smallest absolute Gasteiger partial charge is 0.443 e. The molecule has 5 heteroatoms. The molecule has 0 bridgehead atoms. The second-order valence-electron chi connectivity index (χ2n) is 1.04. The highest BCUT2D eigenvalue weighted by Crippen LogP contribution is 2.00. The maximum absolute atomic E-state index is 7.98. The van der Waals surface area contributed by atoms with Crippen LogP contribution < -0.4 is 12.4 Å². The summed E-state index contributed by atoms with van der Waals surface area (Å²) in [6, 6.07) is 1.56. The maximum Gasteiger partial charge on any atom is 0.443 e. The maximum atomic E-state index is 7.98. The van der Waals surface area contributed by atoms with Crippen molar-refractivity contribution in [2.75, 3.05) is 0 Å². The third kappa shape index (κ3) is 1.21. The lowest BCUT2D eigenvalue weighted by atomic mass is 10.7. The zero-order valence-corrected chi connectivity index (χ0v) is 4.63. The lowest BCUT2D eigenvalue weighted by Crippen LogP contribution is -3.00. The summed E-state index contributed by atoms with van der Waals surface area (Å²) in [5.74, 6) is 0.375. The van der Waals surface area contributed by atoms with E-state index in [1.165, 1.54) is 6.20 Å². The van der Waals surface area contributed by atoms with Gasteiger partial charge >= 0.3 is 5.82 Å². The first kappa shape index (κ1) is 6.92. The van der Waals surface area contributed by atoms with Gasteiger partial charge in [0.25, 0.3) is 0 Å². The zero-order chi connectivity index (χ0) is 5.11. The molecule has 0 saturated carbocycles. The van der Waals surface area contributed by atoms with E-state index in [4.69, 9.17) is 5.39 Å². The van der Waals surface area contributed by atoms with Crippen molar-refractivity contribution in [1.82, 2.24) is 10.2 Å². The molecule has 0 aliphatic rings. The Balaban J connectivity index is 0.000000490. The highest BCUT2D eigenvalue weighted by molar-refractivity contribution is 5.30. The van der Waals surface area contributed by atoms with Crippen LogP contribution in [0.15, 0.2) is 12.3 Å². The van der Waals surface area contributed by atoms with Crippen molar-refractivity contribution in [2.45, 2.75) is 0 Å². The Morgan fingerprint density at radius 1 is 1.75 bits per heavy atom. The van der Waals surface area contributed by atoms with E-state index < -0.39 is 0 Å². The van der Waals surface area contributed by atoms with Crippen molar-refractivity contribution in [3.05, 3.63) is 17.2 Å². The number of hydrogen-bond acceptors (Lipinski definition) is 2. The standard InChI is InChI=1S/C3H3N4.ClH/c4-6-3-1-2-5-7-3;/h1-2H,(H,5,7);1H/q+1;/p-1. The van der Waals surface area contributed by atoms with E-state index in [2.05, 4.69) is 15.2 Å². The molecule has 1 N–H and O–H groups in total. The molecule has 0 saturated heterocycles. The van der Waals surface area contributed by atoms with Crippen LogP contribution >= 0.6 is 0 Å². The number of H-pyrrole nitrogens is 1. The second kappa shape index (κ2) is 2.99. The SMILES string of the molecule is N#[N+]c1ccn[nH]1.[Cl-]. The van der Waals surface area contributed by atoms with Crippen LogP contribution in [0.4, 0.5) is 5.82 Å². The Kier molecular flexibility index (Phi) is 2.59. The Morgan fingerprint density at radius 2 is 2.50 bits per heavy atom. The van der Waals surface area contributed by atoms with Crippen molar-refractivity contribution in [3.63, 3.8) is 0 Å². The number of nitrogens with zero attached hydrogens (tertiary/aromatic N) is 3. The molecule has 1 aromatic heterocycles. The average Bonchev–Trinajstić information content (AvgIpc) is 2.14. The molecule has 1 rings (SSSR count). The van der Waals surface area contributed by atoms with E-state index in [0.717, 1.165) is 0 Å². The third-order valence-corrected chi connectivity index (χ3v) is 0.594. The first-order valence-electron chi connectivity index (χ1n) is 1.78. The molecule has 0 fully saturated rings. The van der Waals surface area contributed by atoms with Crippen molar-refractivity contribution < 1.29 is 12.4 Å². The van der Waals surface area contributed by atoms with Crippen LogP contribution in [0.25, 0.3) is 4.98 Å². The second-order valence-corrected chi connectivity index (χ2v) is 1.04. The fourth-order valence-electron chi connectivity index (χ4n) is 0.304. The topological polar surface area (TPSA) is 56.8 Å². The predicted octanol–water partition coefficient (Wildman–Crippen LogP) is -2.10. The van der Waals surface area contributed by atoms with Gasteiger partial charge in [0.1, 0.15) is 0 Å². The molecule has 0 unspecified atom stereocenters. The van der Waals surface area contributed by atoms with Gasteiger partial charge in [-0.15, -0.1) is 5.10 Å². The summed E-state index contributed by atoms with van der Waals surface area (Å²) < 4.78 is 0. The lowest BCUT2D eigenvalue weighted by molar-refractivity contribution is -0.00000179. The molecule has 0 radical (unpaired) electrons. The number of rotatable bonds is 0. The molecule has 1 heterocycles. The molecule has 4 nitrogen and oxygen atoms in total. The van der Waals surface area contributed by atoms with Crippen LogP contribution in [0.5, 0.6) is 0 Å². The summed E-state index contributed by atoms with van der Waals surface area (Å²) >= 11 is 0. The largest absolute Gasteiger partial charge is 1.00 e. The van der Waals surface area contributed by atoms with Crippen LogP contribution in [-0.4, -0.2) is 10.2 Å². The summed E-state index contributed by atoms with van der Waals surface area (Å²) in [5.41, 5.74) is 0. The van der Waals surface area contributed by atoms with Crippen LogP contribution in [0.1, 0.15) is 0 Å². The molecular weight excluding hydrogens is 128 g/mol.